The number of hydrogen-bond donors (Lipinski definition) is 1. The molecule has 0 aromatic heterocycles. The zero-order valence-corrected chi connectivity index (χ0v) is 11.2. The van der Waals surface area contributed by atoms with Gasteiger partial charge in [-0.1, -0.05) is 41.7 Å². The minimum atomic E-state index is 0.0451. The fraction of sp³-hybridized carbons (Fsp3) is 0.455. The average molecular weight is 281 g/mol. The Morgan fingerprint density at radius 3 is 2.56 bits per heavy atom. The number of rotatable bonds is 2. The van der Waals surface area contributed by atoms with Crippen molar-refractivity contribution in [3.05, 3.63) is 26.7 Å². The van der Waals surface area contributed by atoms with Crippen LogP contribution in [0, 0.1) is 0 Å². The fourth-order valence-electron chi connectivity index (χ4n) is 2.05. The molecule has 0 bridgehead atoms. The number of ether oxygens (including phenoxy) is 1. The van der Waals surface area contributed by atoms with E-state index in [-0.39, 0.29) is 12.1 Å². The zero-order chi connectivity index (χ0) is 11.9. The van der Waals surface area contributed by atoms with Gasteiger partial charge in [-0.25, -0.2) is 0 Å². The van der Waals surface area contributed by atoms with Gasteiger partial charge >= 0.3 is 0 Å². The highest BCUT2D eigenvalue weighted by Crippen LogP contribution is 2.48. The molecule has 0 radical (unpaired) electrons. The van der Waals surface area contributed by atoms with Crippen LogP contribution >= 0.6 is 34.8 Å². The molecule has 16 heavy (non-hydrogen) atoms. The molecule has 88 valence electrons. The zero-order valence-electron chi connectivity index (χ0n) is 8.98. The van der Waals surface area contributed by atoms with Crippen molar-refractivity contribution in [2.75, 3.05) is 7.05 Å². The molecule has 2 rings (SSSR count). The van der Waals surface area contributed by atoms with Crippen LogP contribution in [-0.2, 0) is 0 Å². The molecule has 1 aromatic rings. The Bertz CT molecular complexity index is 422. The van der Waals surface area contributed by atoms with Crippen molar-refractivity contribution < 1.29 is 4.74 Å². The van der Waals surface area contributed by atoms with Crippen molar-refractivity contribution in [1.82, 2.24) is 5.32 Å². The maximum absolute atomic E-state index is 6.20. The van der Waals surface area contributed by atoms with Crippen LogP contribution in [0.4, 0.5) is 0 Å². The number of benzene rings is 1. The van der Waals surface area contributed by atoms with E-state index in [4.69, 9.17) is 39.5 Å². The summed E-state index contributed by atoms with van der Waals surface area (Å²) in [5.41, 5.74) is 0.869. The van der Waals surface area contributed by atoms with E-state index in [1.807, 2.05) is 7.05 Å². The predicted molar refractivity (Wildman–Crippen MR) is 68.0 cm³/mol. The van der Waals surface area contributed by atoms with Gasteiger partial charge in [-0.15, -0.1) is 0 Å². The first-order chi connectivity index (χ1) is 7.60. The van der Waals surface area contributed by atoms with Gasteiger partial charge in [-0.3, -0.25) is 0 Å². The third-order valence-electron chi connectivity index (χ3n) is 2.83. The highest BCUT2D eigenvalue weighted by molar-refractivity contribution is 6.44. The molecule has 1 heterocycles. The largest absolute Gasteiger partial charge is 0.486 e. The highest BCUT2D eigenvalue weighted by Gasteiger charge is 2.36. The van der Waals surface area contributed by atoms with Gasteiger partial charge in [0.05, 0.1) is 21.1 Å². The normalized spacial score (nSPS) is 23.1. The van der Waals surface area contributed by atoms with Crippen LogP contribution in [0.5, 0.6) is 5.75 Å². The standard InChI is InChI=1S/C11H12Cl3NO/c1-3-7-10(15-2)8-9(14)5(12)4-6(13)11(8)16-7/h4,7,10,15H,3H2,1-2H3. The monoisotopic (exact) mass is 279 g/mol. The lowest BCUT2D eigenvalue weighted by Crippen LogP contribution is -2.27. The van der Waals surface area contributed by atoms with Crippen LogP contribution in [-0.4, -0.2) is 13.2 Å². The van der Waals surface area contributed by atoms with E-state index in [0.717, 1.165) is 12.0 Å². The maximum Gasteiger partial charge on any atom is 0.144 e. The Morgan fingerprint density at radius 2 is 2.00 bits per heavy atom. The Hall–Kier alpha value is -0.150. The van der Waals surface area contributed by atoms with E-state index in [9.17, 15) is 0 Å². The van der Waals surface area contributed by atoms with Crippen molar-refractivity contribution in [1.29, 1.82) is 0 Å². The lowest BCUT2D eigenvalue weighted by Gasteiger charge is -2.16. The van der Waals surface area contributed by atoms with E-state index in [2.05, 4.69) is 12.2 Å². The predicted octanol–water partition coefficient (Wildman–Crippen LogP) is 4.08. The van der Waals surface area contributed by atoms with Crippen LogP contribution in [0.2, 0.25) is 15.1 Å². The van der Waals surface area contributed by atoms with E-state index < -0.39 is 0 Å². The van der Waals surface area contributed by atoms with Gasteiger partial charge in [0.1, 0.15) is 11.9 Å². The third-order valence-corrected chi connectivity index (χ3v) is 3.91. The number of halogens is 3. The van der Waals surface area contributed by atoms with E-state index >= 15 is 0 Å². The SMILES string of the molecule is CCC1Oc2c(Cl)cc(Cl)c(Cl)c2C1NC. The summed E-state index contributed by atoms with van der Waals surface area (Å²) in [4.78, 5) is 0. The van der Waals surface area contributed by atoms with Gasteiger partial charge in [0.15, 0.2) is 0 Å². The van der Waals surface area contributed by atoms with E-state index in [1.54, 1.807) is 6.07 Å². The summed E-state index contributed by atoms with van der Waals surface area (Å²) in [6.07, 6.45) is 0.929. The quantitative estimate of drug-likeness (QED) is 0.824. The summed E-state index contributed by atoms with van der Waals surface area (Å²) in [5, 5.41) is 4.69. The minimum Gasteiger partial charge on any atom is -0.486 e. The average Bonchev–Trinajstić information content (AvgIpc) is 2.64. The van der Waals surface area contributed by atoms with Crippen LogP contribution in [0.3, 0.4) is 0 Å². The van der Waals surface area contributed by atoms with Crippen LogP contribution in [0.1, 0.15) is 24.9 Å². The van der Waals surface area contributed by atoms with Gasteiger partial charge in [0.2, 0.25) is 0 Å². The Kier molecular flexibility index (Phi) is 3.55. The van der Waals surface area contributed by atoms with Crippen molar-refractivity contribution in [2.45, 2.75) is 25.5 Å². The van der Waals surface area contributed by atoms with Gasteiger partial charge in [0, 0.05) is 5.56 Å². The molecular weight excluding hydrogens is 268 g/mol. The van der Waals surface area contributed by atoms with E-state index in [0.29, 0.717) is 20.8 Å². The molecule has 5 heteroatoms. The first-order valence-electron chi connectivity index (χ1n) is 5.11. The highest BCUT2D eigenvalue weighted by atomic mass is 35.5. The van der Waals surface area contributed by atoms with Crippen LogP contribution in [0.25, 0.3) is 0 Å². The summed E-state index contributed by atoms with van der Waals surface area (Å²) >= 11 is 18.3. The van der Waals surface area contributed by atoms with Crippen LogP contribution < -0.4 is 10.1 Å². The summed E-state index contributed by atoms with van der Waals surface area (Å²) < 4.78 is 5.79. The smallest absolute Gasteiger partial charge is 0.144 e. The molecular formula is C11H12Cl3NO. The summed E-state index contributed by atoms with van der Waals surface area (Å²) in [7, 11) is 1.87. The second-order valence-corrected chi connectivity index (χ2v) is 4.92. The molecule has 1 N–H and O–H groups in total. The molecule has 2 unspecified atom stereocenters. The minimum absolute atomic E-state index is 0.0451. The molecule has 0 spiro atoms. The maximum atomic E-state index is 6.20. The lowest BCUT2D eigenvalue weighted by molar-refractivity contribution is 0.189. The molecule has 0 aliphatic carbocycles. The van der Waals surface area contributed by atoms with Crippen molar-refractivity contribution in [3.8, 4) is 5.75 Å². The number of nitrogens with one attached hydrogen (secondary N) is 1. The van der Waals surface area contributed by atoms with Crippen molar-refractivity contribution in [3.63, 3.8) is 0 Å². The third kappa shape index (κ3) is 1.78. The van der Waals surface area contributed by atoms with Gasteiger partial charge in [-0.2, -0.15) is 0 Å². The molecule has 0 saturated heterocycles. The summed E-state index contributed by atoms with van der Waals surface area (Å²) in [5.74, 6) is 0.655. The summed E-state index contributed by atoms with van der Waals surface area (Å²) in [6, 6.07) is 1.67. The summed E-state index contributed by atoms with van der Waals surface area (Å²) in [6.45, 7) is 2.06. The Labute approximate surface area is 110 Å². The van der Waals surface area contributed by atoms with Crippen molar-refractivity contribution >= 4 is 34.8 Å². The number of likely N-dealkylation sites (N-methyl/N-ethyl adjacent to an activating group) is 1. The fourth-order valence-corrected chi connectivity index (χ4v) is 2.83. The molecule has 0 saturated carbocycles. The van der Waals surface area contributed by atoms with Gasteiger partial charge in [-0.05, 0) is 19.5 Å². The first-order valence-corrected chi connectivity index (χ1v) is 6.24. The molecule has 1 aliphatic rings. The number of hydrogen-bond acceptors (Lipinski definition) is 2. The number of fused-ring (bicyclic) bond motifs is 1. The second-order valence-electron chi connectivity index (χ2n) is 3.73. The first kappa shape index (κ1) is 12.3. The Balaban J connectivity index is 2.58. The van der Waals surface area contributed by atoms with Crippen LogP contribution in [0.15, 0.2) is 6.07 Å². The van der Waals surface area contributed by atoms with E-state index in [1.165, 1.54) is 0 Å². The molecule has 2 atom stereocenters. The lowest BCUT2D eigenvalue weighted by atomic mass is 10.0. The topological polar surface area (TPSA) is 21.3 Å². The molecule has 0 amide bonds. The Morgan fingerprint density at radius 1 is 1.31 bits per heavy atom. The molecule has 1 aliphatic heterocycles. The van der Waals surface area contributed by atoms with Crippen molar-refractivity contribution in [2.24, 2.45) is 0 Å². The molecule has 2 nitrogen and oxygen atoms in total. The van der Waals surface area contributed by atoms with Gasteiger partial charge in [0.25, 0.3) is 0 Å². The van der Waals surface area contributed by atoms with Gasteiger partial charge < -0.3 is 10.1 Å². The molecule has 1 aromatic carbocycles. The second kappa shape index (κ2) is 4.61. The molecule has 0 fully saturated rings.